The standard InChI is InChI=1S/C16H21N/c1-3-12(2)10-16(17)15-9-8-13-6-4-5-7-14(13)11-15/h4-9,11-12,16H,3,10,17H2,1-2H3. The van der Waals surface area contributed by atoms with Crippen molar-refractivity contribution >= 4 is 10.8 Å². The molecule has 2 aromatic rings. The molecule has 2 N–H and O–H groups in total. The van der Waals surface area contributed by atoms with E-state index < -0.39 is 0 Å². The first-order chi connectivity index (χ1) is 8.20. The third-order valence-electron chi connectivity index (χ3n) is 3.55. The summed E-state index contributed by atoms with van der Waals surface area (Å²) in [5, 5.41) is 2.57. The molecule has 0 aliphatic heterocycles. The SMILES string of the molecule is CCC(C)CC(N)c1ccc2ccccc2c1. The van der Waals surface area contributed by atoms with Crippen LogP contribution in [0.4, 0.5) is 0 Å². The summed E-state index contributed by atoms with van der Waals surface area (Å²) in [6, 6.07) is 15.1. The predicted molar refractivity (Wildman–Crippen MR) is 74.9 cm³/mol. The molecule has 17 heavy (non-hydrogen) atoms. The summed E-state index contributed by atoms with van der Waals surface area (Å²) >= 11 is 0. The molecule has 1 nitrogen and oxygen atoms in total. The molecule has 0 fully saturated rings. The Balaban J connectivity index is 2.23. The van der Waals surface area contributed by atoms with Gasteiger partial charge in [-0.25, -0.2) is 0 Å². The lowest BCUT2D eigenvalue weighted by atomic mass is 9.93. The zero-order valence-corrected chi connectivity index (χ0v) is 10.7. The van der Waals surface area contributed by atoms with E-state index in [9.17, 15) is 0 Å². The number of hydrogen-bond donors (Lipinski definition) is 1. The minimum absolute atomic E-state index is 0.162. The Kier molecular flexibility index (Phi) is 3.80. The van der Waals surface area contributed by atoms with Crippen molar-refractivity contribution in [3.05, 3.63) is 48.0 Å². The van der Waals surface area contributed by atoms with Crippen LogP contribution < -0.4 is 5.73 Å². The first-order valence-electron chi connectivity index (χ1n) is 6.45. The normalized spacial score (nSPS) is 14.8. The van der Waals surface area contributed by atoms with Gasteiger partial charge in [0, 0.05) is 6.04 Å². The van der Waals surface area contributed by atoms with Crippen molar-refractivity contribution in [3.8, 4) is 0 Å². The number of nitrogens with two attached hydrogens (primary N) is 1. The van der Waals surface area contributed by atoms with E-state index in [0.717, 1.165) is 6.42 Å². The predicted octanol–water partition coefficient (Wildman–Crippen LogP) is 4.28. The van der Waals surface area contributed by atoms with Gasteiger partial charge >= 0.3 is 0 Å². The fourth-order valence-corrected chi connectivity index (χ4v) is 2.17. The van der Waals surface area contributed by atoms with Crippen molar-refractivity contribution in [1.82, 2.24) is 0 Å². The molecule has 1 heteroatoms. The Morgan fingerprint density at radius 2 is 1.76 bits per heavy atom. The van der Waals surface area contributed by atoms with E-state index >= 15 is 0 Å². The second-order valence-corrected chi connectivity index (χ2v) is 4.96. The highest BCUT2D eigenvalue weighted by atomic mass is 14.6. The minimum Gasteiger partial charge on any atom is -0.324 e. The Morgan fingerprint density at radius 1 is 1.06 bits per heavy atom. The minimum atomic E-state index is 0.162. The van der Waals surface area contributed by atoms with Crippen LogP contribution in [0.15, 0.2) is 42.5 Å². The lowest BCUT2D eigenvalue weighted by Crippen LogP contribution is -2.13. The van der Waals surface area contributed by atoms with Gasteiger partial charge < -0.3 is 5.73 Å². The average molecular weight is 227 g/mol. The molecule has 0 saturated heterocycles. The highest BCUT2D eigenvalue weighted by Gasteiger charge is 2.10. The number of fused-ring (bicyclic) bond motifs is 1. The molecular weight excluding hydrogens is 206 g/mol. The zero-order valence-electron chi connectivity index (χ0n) is 10.7. The number of hydrogen-bond acceptors (Lipinski definition) is 1. The third kappa shape index (κ3) is 2.86. The maximum absolute atomic E-state index is 6.26. The summed E-state index contributed by atoms with van der Waals surface area (Å²) in [6.07, 6.45) is 2.26. The second kappa shape index (κ2) is 5.33. The van der Waals surface area contributed by atoms with Gasteiger partial charge in [0.05, 0.1) is 0 Å². The molecular formula is C16H21N. The molecule has 0 amide bonds. The molecule has 0 aromatic heterocycles. The zero-order chi connectivity index (χ0) is 12.3. The van der Waals surface area contributed by atoms with E-state index in [4.69, 9.17) is 5.73 Å². The Bertz CT molecular complexity index is 490. The topological polar surface area (TPSA) is 26.0 Å². The molecule has 0 saturated carbocycles. The van der Waals surface area contributed by atoms with E-state index in [1.165, 1.54) is 22.8 Å². The monoisotopic (exact) mass is 227 g/mol. The van der Waals surface area contributed by atoms with Gasteiger partial charge in [-0.15, -0.1) is 0 Å². The quantitative estimate of drug-likeness (QED) is 0.829. The molecule has 2 aromatic carbocycles. The van der Waals surface area contributed by atoms with Crippen molar-refractivity contribution < 1.29 is 0 Å². The summed E-state index contributed by atoms with van der Waals surface area (Å²) in [4.78, 5) is 0. The average Bonchev–Trinajstić information content (AvgIpc) is 2.38. The van der Waals surface area contributed by atoms with Crippen LogP contribution in [0.2, 0.25) is 0 Å². The van der Waals surface area contributed by atoms with Crippen LogP contribution in [0.25, 0.3) is 10.8 Å². The Morgan fingerprint density at radius 3 is 2.47 bits per heavy atom. The summed E-state index contributed by atoms with van der Waals surface area (Å²) in [5.74, 6) is 0.691. The first kappa shape index (κ1) is 12.1. The van der Waals surface area contributed by atoms with Crippen LogP contribution in [0.3, 0.4) is 0 Å². The number of rotatable bonds is 4. The molecule has 0 aliphatic rings. The molecule has 0 heterocycles. The van der Waals surface area contributed by atoms with Crippen molar-refractivity contribution in [3.63, 3.8) is 0 Å². The van der Waals surface area contributed by atoms with Gasteiger partial charge in [-0.05, 0) is 34.7 Å². The molecule has 0 radical (unpaired) electrons. The smallest absolute Gasteiger partial charge is 0.0297 e. The highest BCUT2D eigenvalue weighted by molar-refractivity contribution is 5.83. The van der Waals surface area contributed by atoms with Crippen LogP contribution in [0, 0.1) is 5.92 Å². The second-order valence-electron chi connectivity index (χ2n) is 4.96. The van der Waals surface area contributed by atoms with Gasteiger partial charge in [0.2, 0.25) is 0 Å². The lowest BCUT2D eigenvalue weighted by molar-refractivity contribution is 0.461. The fraction of sp³-hybridized carbons (Fsp3) is 0.375. The summed E-state index contributed by atoms with van der Waals surface area (Å²) < 4.78 is 0. The first-order valence-corrected chi connectivity index (χ1v) is 6.45. The maximum Gasteiger partial charge on any atom is 0.0297 e. The molecule has 0 aliphatic carbocycles. The van der Waals surface area contributed by atoms with E-state index in [0.29, 0.717) is 5.92 Å². The van der Waals surface area contributed by atoms with Gasteiger partial charge in [0.1, 0.15) is 0 Å². The van der Waals surface area contributed by atoms with E-state index in [-0.39, 0.29) is 6.04 Å². The molecule has 2 unspecified atom stereocenters. The van der Waals surface area contributed by atoms with E-state index in [1.807, 2.05) is 0 Å². The molecule has 2 atom stereocenters. The number of benzene rings is 2. The molecule has 2 rings (SSSR count). The Hall–Kier alpha value is -1.34. The summed E-state index contributed by atoms with van der Waals surface area (Å²) in [7, 11) is 0. The van der Waals surface area contributed by atoms with Crippen molar-refractivity contribution in [1.29, 1.82) is 0 Å². The van der Waals surface area contributed by atoms with E-state index in [1.54, 1.807) is 0 Å². The highest BCUT2D eigenvalue weighted by Crippen LogP contribution is 2.24. The van der Waals surface area contributed by atoms with E-state index in [2.05, 4.69) is 56.3 Å². The van der Waals surface area contributed by atoms with Gasteiger partial charge in [0.15, 0.2) is 0 Å². The lowest BCUT2D eigenvalue weighted by Gasteiger charge is -2.16. The molecule has 0 spiro atoms. The maximum atomic E-state index is 6.26. The summed E-state index contributed by atoms with van der Waals surface area (Å²) in [5.41, 5.74) is 7.52. The fourth-order valence-electron chi connectivity index (χ4n) is 2.17. The van der Waals surface area contributed by atoms with Gasteiger partial charge in [0.25, 0.3) is 0 Å². The molecule has 0 bridgehead atoms. The van der Waals surface area contributed by atoms with Crippen LogP contribution in [-0.2, 0) is 0 Å². The van der Waals surface area contributed by atoms with Crippen LogP contribution in [-0.4, -0.2) is 0 Å². The molecule has 90 valence electrons. The van der Waals surface area contributed by atoms with Gasteiger partial charge in [-0.2, -0.15) is 0 Å². The van der Waals surface area contributed by atoms with Crippen molar-refractivity contribution in [2.45, 2.75) is 32.7 Å². The Labute approximate surface area is 104 Å². The third-order valence-corrected chi connectivity index (χ3v) is 3.55. The summed E-state index contributed by atoms with van der Waals surface area (Å²) in [6.45, 7) is 4.48. The van der Waals surface area contributed by atoms with Crippen molar-refractivity contribution in [2.75, 3.05) is 0 Å². The van der Waals surface area contributed by atoms with Crippen LogP contribution in [0.5, 0.6) is 0 Å². The van der Waals surface area contributed by atoms with Crippen molar-refractivity contribution in [2.24, 2.45) is 11.7 Å². The van der Waals surface area contributed by atoms with Gasteiger partial charge in [-0.1, -0.05) is 56.7 Å². The van der Waals surface area contributed by atoms with Gasteiger partial charge in [-0.3, -0.25) is 0 Å². The van der Waals surface area contributed by atoms with Crippen LogP contribution in [0.1, 0.15) is 38.3 Å². The largest absolute Gasteiger partial charge is 0.324 e. The van der Waals surface area contributed by atoms with Crippen LogP contribution >= 0.6 is 0 Å².